The van der Waals surface area contributed by atoms with Crippen LogP contribution in [0.1, 0.15) is 35.6 Å². The highest BCUT2D eigenvalue weighted by molar-refractivity contribution is 5.37. The van der Waals surface area contributed by atoms with E-state index in [2.05, 4.69) is 45.1 Å². The summed E-state index contributed by atoms with van der Waals surface area (Å²) in [6.45, 7) is 10.8. The molecule has 1 rings (SSSR count). The fourth-order valence-electron chi connectivity index (χ4n) is 2.46. The van der Waals surface area contributed by atoms with Gasteiger partial charge in [0.15, 0.2) is 0 Å². The summed E-state index contributed by atoms with van der Waals surface area (Å²) in [4.78, 5) is 0. The van der Waals surface area contributed by atoms with Gasteiger partial charge in [0, 0.05) is 13.2 Å². The van der Waals surface area contributed by atoms with E-state index in [4.69, 9.17) is 5.11 Å². The van der Waals surface area contributed by atoms with Crippen LogP contribution in [-0.4, -0.2) is 24.8 Å². The molecule has 0 amide bonds. The predicted octanol–water partition coefficient (Wildman–Crippen LogP) is 2.76. The van der Waals surface area contributed by atoms with Crippen LogP contribution < -0.4 is 5.32 Å². The summed E-state index contributed by atoms with van der Waals surface area (Å²) in [5.41, 5.74) is 5.59. The first-order valence-corrected chi connectivity index (χ1v) is 6.96. The minimum atomic E-state index is 0.284. The van der Waals surface area contributed by atoms with E-state index >= 15 is 0 Å². The molecule has 1 aromatic rings. The summed E-state index contributed by atoms with van der Waals surface area (Å²) < 4.78 is 0. The second-order valence-corrected chi connectivity index (χ2v) is 5.29. The molecule has 1 aromatic carbocycles. The Kier molecular flexibility index (Phi) is 6.37. The highest BCUT2D eigenvalue weighted by Gasteiger charge is 2.05. The van der Waals surface area contributed by atoms with E-state index in [-0.39, 0.29) is 6.61 Å². The van der Waals surface area contributed by atoms with Crippen molar-refractivity contribution in [2.45, 2.75) is 40.5 Å². The summed E-state index contributed by atoms with van der Waals surface area (Å²) in [6.07, 6.45) is 2.10. The zero-order valence-corrected chi connectivity index (χ0v) is 12.2. The van der Waals surface area contributed by atoms with Crippen molar-refractivity contribution >= 4 is 0 Å². The molecular formula is C16H27NO. The van der Waals surface area contributed by atoms with Crippen LogP contribution in [0.15, 0.2) is 12.1 Å². The van der Waals surface area contributed by atoms with Crippen molar-refractivity contribution in [3.05, 3.63) is 34.4 Å². The zero-order valence-electron chi connectivity index (χ0n) is 12.2. The molecule has 0 fully saturated rings. The molecule has 102 valence electrons. The Morgan fingerprint density at radius 1 is 1.17 bits per heavy atom. The van der Waals surface area contributed by atoms with E-state index in [0.29, 0.717) is 5.92 Å². The lowest BCUT2D eigenvalue weighted by Crippen LogP contribution is -2.26. The fraction of sp³-hybridized carbons (Fsp3) is 0.625. The zero-order chi connectivity index (χ0) is 13.5. The minimum Gasteiger partial charge on any atom is -0.396 e. The van der Waals surface area contributed by atoms with E-state index in [0.717, 1.165) is 25.9 Å². The van der Waals surface area contributed by atoms with E-state index in [1.807, 2.05) is 0 Å². The van der Waals surface area contributed by atoms with Crippen molar-refractivity contribution in [1.82, 2.24) is 5.32 Å². The molecule has 0 aromatic heterocycles. The molecule has 1 atom stereocenters. The number of aliphatic hydroxyl groups excluding tert-OH is 1. The van der Waals surface area contributed by atoms with E-state index in [9.17, 15) is 0 Å². The second-order valence-electron chi connectivity index (χ2n) is 5.29. The molecule has 0 saturated carbocycles. The Morgan fingerprint density at radius 2 is 1.78 bits per heavy atom. The molecule has 18 heavy (non-hydrogen) atoms. The largest absolute Gasteiger partial charge is 0.396 e. The van der Waals surface area contributed by atoms with Gasteiger partial charge in [0.25, 0.3) is 0 Å². The van der Waals surface area contributed by atoms with Gasteiger partial charge in [0.2, 0.25) is 0 Å². The summed E-state index contributed by atoms with van der Waals surface area (Å²) >= 11 is 0. The minimum absolute atomic E-state index is 0.284. The van der Waals surface area contributed by atoms with E-state index in [1.54, 1.807) is 0 Å². The van der Waals surface area contributed by atoms with Gasteiger partial charge >= 0.3 is 0 Å². The van der Waals surface area contributed by atoms with Crippen LogP contribution in [0.4, 0.5) is 0 Å². The van der Waals surface area contributed by atoms with Gasteiger partial charge in [-0.15, -0.1) is 0 Å². The van der Waals surface area contributed by atoms with Crippen LogP contribution in [0.25, 0.3) is 0 Å². The van der Waals surface area contributed by atoms with Gasteiger partial charge in [-0.25, -0.2) is 0 Å². The van der Waals surface area contributed by atoms with Gasteiger partial charge in [0.1, 0.15) is 0 Å². The Balaban J connectivity index is 2.44. The second kappa shape index (κ2) is 7.55. The van der Waals surface area contributed by atoms with Crippen molar-refractivity contribution in [2.75, 3.05) is 19.7 Å². The molecule has 0 heterocycles. The number of aliphatic hydroxyl groups is 1. The number of nitrogens with one attached hydrogen (secondary N) is 1. The summed E-state index contributed by atoms with van der Waals surface area (Å²) in [5, 5.41) is 12.6. The maximum absolute atomic E-state index is 9.12. The standard InChI is InChI=1S/C16H27NO/c1-5-15(11-18)10-17-7-6-16-13(3)8-12(2)9-14(16)4/h8-9,15,17-18H,5-7,10-11H2,1-4H3. The predicted molar refractivity (Wildman–Crippen MR) is 78.1 cm³/mol. The molecule has 2 heteroatoms. The number of hydrogen-bond acceptors (Lipinski definition) is 2. The molecule has 1 unspecified atom stereocenters. The van der Waals surface area contributed by atoms with Crippen molar-refractivity contribution in [3.63, 3.8) is 0 Å². The normalized spacial score (nSPS) is 12.7. The van der Waals surface area contributed by atoms with Crippen LogP contribution in [0.3, 0.4) is 0 Å². The van der Waals surface area contributed by atoms with Crippen molar-refractivity contribution in [1.29, 1.82) is 0 Å². The molecule has 0 bridgehead atoms. The lowest BCUT2D eigenvalue weighted by molar-refractivity contribution is 0.219. The van der Waals surface area contributed by atoms with Crippen LogP contribution >= 0.6 is 0 Å². The average Bonchev–Trinajstić information content (AvgIpc) is 2.32. The molecule has 0 aliphatic carbocycles. The van der Waals surface area contributed by atoms with Crippen LogP contribution in [-0.2, 0) is 6.42 Å². The van der Waals surface area contributed by atoms with Crippen molar-refractivity contribution in [2.24, 2.45) is 5.92 Å². The summed E-state index contributed by atoms with van der Waals surface area (Å²) in [5.74, 6) is 0.394. The Bertz CT molecular complexity index is 346. The highest BCUT2D eigenvalue weighted by Crippen LogP contribution is 2.16. The fourth-order valence-corrected chi connectivity index (χ4v) is 2.46. The first kappa shape index (κ1) is 15.2. The number of rotatable bonds is 7. The molecular weight excluding hydrogens is 222 g/mol. The molecule has 0 saturated heterocycles. The summed E-state index contributed by atoms with van der Waals surface area (Å²) in [7, 11) is 0. The third kappa shape index (κ3) is 4.43. The van der Waals surface area contributed by atoms with Gasteiger partial charge in [0.05, 0.1) is 0 Å². The SMILES string of the molecule is CCC(CO)CNCCc1c(C)cc(C)cc1C. The summed E-state index contributed by atoms with van der Waals surface area (Å²) in [6, 6.07) is 4.51. The van der Waals surface area contributed by atoms with Crippen molar-refractivity contribution in [3.8, 4) is 0 Å². The topological polar surface area (TPSA) is 32.3 Å². The third-order valence-electron chi connectivity index (χ3n) is 3.66. The quantitative estimate of drug-likeness (QED) is 0.728. The Hall–Kier alpha value is -0.860. The lowest BCUT2D eigenvalue weighted by Gasteiger charge is -2.14. The molecule has 0 aliphatic rings. The first-order valence-electron chi connectivity index (χ1n) is 6.96. The lowest BCUT2D eigenvalue weighted by atomic mass is 9.97. The van der Waals surface area contributed by atoms with Gasteiger partial charge < -0.3 is 10.4 Å². The van der Waals surface area contributed by atoms with Gasteiger partial charge in [-0.1, -0.05) is 24.6 Å². The van der Waals surface area contributed by atoms with Gasteiger partial charge in [-0.05, 0) is 62.8 Å². The maximum Gasteiger partial charge on any atom is 0.0471 e. The monoisotopic (exact) mass is 249 g/mol. The molecule has 0 spiro atoms. The molecule has 0 radical (unpaired) electrons. The van der Waals surface area contributed by atoms with Crippen LogP contribution in [0.2, 0.25) is 0 Å². The van der Waals surface area contributed by atoms with E-state index in [1.165, 1.54) is 22.3 Å². The number of benzene rings is 1. The molecule has 2 nitrogen and oxygen atoms in total. The highest BCUT2D eigenvalue weighted by atomic mass is 16.3. The Labute approximate surface area is 111 Å². The van der Waals surface area contributed by atoms with Crippen molar-refractivity contribution < 1.29 is 5.11 Å². The number of aryl methyl sites for hydroxylation is 3. The van der Waals surface area contributed by atoms with Crippen LogP contribution in [0.5, 0.6) is 0 Å². The van der Waals surface area contributed by atoms with Gasteiger partial charge in [-0.2, -0.15) is 0 Å². The smallest absolute Gasteiger partial charge is 0.0471 e. The number of hydrogen-bond donors (Lipinski definition) is 2. The molecule has 0 aliphatic heterocycles. The third-order valence-corrected chi connectivity index (χ3v) is 3.66. The average molecular weight is 249 g/mol. The van der Waals surface area contributed by atoms with Crippen LogP contribution in [0, 0.1) is 26.7 Å². The Morgan fingerprint density at radius 3 is 2.28 bits per heavy atom. The first-order chi connectivity index (χ1) is 8.58. The molecule has 2 N–H and O–H groups in total. The maximum atomic E-state index is 9.12. The van der Waals surface area contributed by atoms with Gasteiger partial charge in [-0.3, -0.25) is 0 Å². The van der Waals surface area contributed by atoms with E-state index < -0.39 is 0 Å².